The Morgan fingerprint density at radius 3 is 2.47 bits per heavy atom. The summed E-state index contributed by atoms with van der Waals surface area (Å²) in [6.07, 6.45) is 3.91. The molecule has 5 rings (SSSR count). The predicted molar refractivity (Wildman–Crippen MR) is 113 cm³/mol. The number of hydrogen-bond donors (Lipinski definition) is 2. The van der Waals surface area contributed by atoms with E-state index >= 15 is 0 Å². The molecule has 3 fully saturated rings. The van der Waals surface area contributed by atoms with E-state index < -0.39 is 6.09 Å². The summed E-state index contributed by atoms with van der Waals surface area (Å²) in [5.74, 6) is 1.10. The summed E-state index contributed by atoms with van der Waals surface area (Å²) in [7, 11) is -0.389. The topological polar surface area (TPSA) is 87.7 Å². The number of aromatic nitrogens is 2. The fourth-order valence-corrected chi connectivity index (χ4v) is 5.05. The zero-order valence-electron chi connectivity index (χ0n) is 17.9. The standard InChI is InChI=1S/C22H28BN3O4/c1-21(2)22(3,4)30-23(29-21)15-8-5-13(6-9-15)17-12-24-19(25-17)18-14-7-10-16(11-14)26(18)20(27)28/h5-6,8-9,12,14,16,18H,7,10-11H2,1-4H3,(H,24,25)(H,27,28). The summed E-state index contributed by atoms with van der Waals surface area (Å²) >= 11 is 0. The first kappa shape index (κ1) is 19.6. The van der Waals surface area contributed by atoms with Crippen molar-refractivity contribution in [3.8, 4) is 11.3 Å². The van der Waals surface area contributed by atoms with Crippen LogP contribution >= 0.6 is 0 Å². The lowest BCUT2D eigenvalue weighted by molar-refractivity contribution is 0.00578. The molecule has 3 atom stereocenters. The molecule has 2 N–H and O–H groups in total. The smallest absolute Gasteiger partial charge is 0.465 e. The monoisotopic (exact) mass is 409 g/mol. The van der Waals surface area contributed by atoms with Crippen LogP contribution in [0.5, 0.6) is 0 Å². The maximum absolute atomic E-state index is 11.8. The van der Waals surface area contributed by atoms with Crippen LogP contribution in [0.4, 0.5) is 4.79 Å². The molecule has 30 heavy (non-hydrogen) atoms. The summed E-state index contributed by atoms with van der Waals surface area (Å²) < 4.78 is 12.3. The average molecular weight is 409 g/mol. The van der Waals surface area contributed by atoms with Crippen LogP contribution in [0.25, 0.3) is 11.3 Å². The van der Waals surface area contributed by atoms with Crippen molar-refractivity contribution in [1.82, 2.24) is 14.9 Å². The summed E-state index contributed by atoms with van der Waals surface area (Å²) in [6, 6.07) is 8.03. The van der Waals surface area contributed by atoms with Gasteiger partial charge in [-0.15, -0.1) is 0 Å². The van der Waals surface area contributed by atoms with Crippen molar-refractivity contribution < 1.29 is 19.2 Å². The Hall–Kier alpha value is -2.32. The highest BCUT2D eigenvalue weighted by molar-refractivity contribution is 6.62. The van der Waals surface area contributed by atoms with Gasteiger partial charge in [-0.25, -0.2) is 9.78 Å². The van der Waals surface area contributed by atoms with Crippen LogP contribution in [-0.2, 0) is 9.31 Å². The van der Waals surface area contributed by atoms with Crippen LogP contribution in [0, 0.1) is 5.92 Å². The number of fused-ring (bicyclic) bond motifs is 2. The van der Waals surface area contributed by atoms with Crippen LogP contribution in [0.15, 0.2) is 30.5 Å². The Labute approximate surface area is 176 Å². The Morgan fingerprint density at radius 1 is 1.17 bits per heavy atom. The Balaban J connectivity index is 1.36. The van der Waals surface area contributed by atoms with Gasteiger partial charge in [-0.2, -0.15) is 0 Å². The number of imidazole rings is 1. The van der Waals surface area contributed by atoms with Gasteiger partial charge in [-0.05, 0) is 63.9 Å². The maximum Gasteiger partial charge on any atom is 0.494 e. The molecule has 0 radical (unpaired) electrons. The van der Waals surface area contributed by atoms with Crippen molar-refractivity contribution in [3.05, 3.63) is 36.3 Å². The average Bonchev–Trinajstić information content (AvgIpc) is 3.44. The van der Waals surface area contributed by atoms with Crippen molar-refractivity contribution >= 4 is 18.7 Å². The van der Waals surface area contributed by atoms with Crippen molar-refractivity contribution in [2.45, 2.75) is 70.2 Å². The molecular weight excluding hydrogens is 381 g/mol. The van der Waals surface area contributed by atoms with Gasteiger partial charge >= 0.3 is 13.2 Å². The molecule has 0 spiro atoms. The lowest BCUT2D eigenvalue weighted by Crippen LogP contribution is -2.41. The molecule has 1 amide bonds. The molecule has 2 saturated heterocycles. The number of carboxylic acid groups (broad SMARTS) is 1. The molecule has 1 aliphatic carbocycles. The fourth-order valence-electron chi connectivity index (χ4n) is 5.05. The molecule has 1 aromatic carbocycles. The largest absolute Gasteiger partial charge is 0.494 e. The highest BCUT2D eigenvalue weighted by atomic mass is 16.7. The van der Waals surface area contributed by atoms with Crippen molar-refractivity contribution in [3.63, 3.8) is 0 Å². The Bertz CT molecular complexity index is 955. The van der Waals surface area contributed by atoms with Crippen LogP contribution in [0.1, 0.15) is 58.8 Å². The van der Waals surface area contributed by atoms with Gasteiger partial charge in [0.05, 0.1) is 29.1 Å². The second kappa shape index (κ2) is 6.59. The van der Waals surface area contributed by atoms with Crippen molar-refractivity contribution in [2.75, 3.05) is 0 Å². The summed E-state index contributed by atoms with van der Waals surface area (Å²) in [6.45, 7) is 8.18. The number of nitrogens with one attached hydrogen (secondary N) is 1. The molecule has 3 unspecified atom stereocenters. The van der Waals surface area contributed by atoms with E-state index in [0.29, 0.717) is 5.92 Å². The van der Waals surface area contributed by atoms with Gasteiger partial charge in [-0.3, -0.25) is 4.90 Å². The first-order valence-corrected chi connectivity index (χ1v) is 10.7. The van der Waals surface area contributed by atoms with E-state index in [1.807, 2.05) is 52.0 Å². The highest BCUT2D eigenvalue weighted by Crippen LogP contribution is 2.49. The predicted octanol–water partition coefficient (Wildman–Crippen LogP) is 3.58. The van der Waals surface area contributed by atoms with Crippen LogP contribution in [-0.4, -0.2) is 50.4 Å². The van der Waals surface area contributed by atoms with Gasteiger partial charge in [-0.1, -0.05) is 24.3 Å². The van der Waals surface area contributed by atoms with Crippen molar-refractivity contribution in [2.24, 2.45) is 5.92 Å². The number of carbonyl (C=O) groups is 1. The number of rotatable bonds is 3. The second-order valence-corrected chi connectivity index (χ2v) is 9.75. The zero-order valence-corrected chi connectivity index (χ0v) is 17.9. The number of H-pyrrole nitrogens is 1. The van der Waals surface area contributed by atoms with E-state index in [1.165, 1.54) is 0 Å². The van der Waals surface area contributed by atoms with Crippen LogP contribution < -0.4 is 5.46 Å². The van der Waals surface area contributed by atoms with E-state index in [0.717, 1.165) is 41.8 Å². The number of nitrogens with zero attached hydrogens (tertiary/aromatic N) is 2. The summed E-state index contributed by atoms with van der Waals surface area (Å²) in [5.41, 5.74) is 2.12. The first-order chi connectivity index (χ1) is 14.2. The van der Waals surface area contributed by atoms with E-state index in [9.17, 15) is 9.90 Å². The van der Waals surface area contributed by atoms with Gasteiger partial charge in [0.15, 0.2) is 0 Å². The van der Waals surface area contributed by atoms with E-state index in [2.05, 4.69) is 9.97 Å². The quantitative estimate of drug-likeness (QED) is 0.757. The summed E-state index contributed by atoms with van der Waals surface area (Å²) in [4.78, 5) is 21.3. The normalized spacial score (nSPS) is 29.0. The molecule has 1 saturated carbocycles. The van der Waals surface area contributed by atoms with E-state index in [-0.39, 0.29) is 30.4 Å². The van der Waals surface area contributed by atoms with Crippen LogP contribution in [0.3, 0.4) is 0 Å². The second-order valence-electron chi connectivity index (χ2n) is 9.75. The van der Waals surface area contributed by atoms with Crippen LogP contribution in [0.2, 0.25) is 0 Å². The van der Waals surface area contributed by atoms with Gasteiger partial charge < -0.3 is 19.4 Å². The van der Waals surface area contributed by atoms with Crippen molar-refractivity contribution in [1.29, 1.82) is 0 Å². The first-order valence-electron chi connectivity index (χ1n) is 10.7. The third kappa shape index (κ3) is 2.96. The highest BCUT2D eigenvalue weighted by Gasteiger charge is 2.52. The molecule has 2 aliphatic heterocycles. The zero-order chi connectivity index (χ0) is 21.3. The molecule has 1 aromatic heterocycles. The van der Waals surface area contributed by atoms with Gasteiger partial charge in [0.25, 0.3) is 0 Å². The molecule has 3 aliphatic rings. The lowest BCUT2D eigenvalue weighted by atomic mass is 9.79. The number of piperidine rings is 1. The SMILES string of the molecule is CC1(C)OB(c2ccc(-c3cnc(C4C5CCC(C5)N4C(=O)O)[nH]3)cc2)OC1(C)C. The molecule has 2 bridgehead atoms. The number of amides is 1. The number of likely N-dealkylation sites (tertiary alicyclic amines) is 1. The van der Waals surface area contributed by atoms with Gasteiger partial charge in [0.2, 0.25) is 0 Å². The third-order valence-corrected chi connectivity index (χ3v) is 7.43. The molecule has 2 aromatic rings. The Kier molecular flexibility index (Phi) is 4.31. The number of aromatic amines is 1. The van der Waals surface area contributed by atoms with E-state index in [1.54, 1.807) is 11.1 Å². The number of benzene rings is 1. The Morgan fingerprint density at radius 2 is 1.83 bits per heavy atom. The lowest BCUT2D eigenvalue weighted by Gasteiger charge is -2.32. The minimum absolute atomic E-state index is 0.130. The van der Waals surface area contributed by atoms with E-state index in [4.69, 9.17) is 9.31 Å². The summed E-state index contributed by atoms with van der Waals surface area (Å²) in [5, 5.41) is 9.66. The molecule has 3 heterocycles. The third-order valence-electron chi connectivity index (χ3n) is 7.43. The molecule has 7 nitrogen and oxygen atoms in total. The number of hydrogen-bond acceptors (Lipinski definition) is 4. The molecule has 8 heteroatoms. The fraction of sp³-hybridized carbons (Fsp3) is 0.545. The molecule has 158 valence electrons. The van der Waals surface area contributed by atoms with Gasteiger partial charge in [0, 0.05) is 6.04 Å². The maximum atomic E-state index is 11.8. The van der Waals surface area contributed by atoms with Gasteiger partial charge in [0.1, 0.15) is 5.82 Å². The molecular formula is C22H28BN3O4. The minimum atomic E-state index is -0.850. The minimum Gasteiger partial charge on any atom is -0.465 e.